The van der Waals surface area contributed by atoms with Crippen LogP contribution in [0.2, 0.25) is 0 Å². The molecule has 0 spiro atoms. The van der Waals surface area contributed by atoms with Crippen LogP contribution in [0, 0.1) is 17.2 Å². The third-order valence-electron chi connectivity index (χ3n) is 4.26. The second kappa shape index (κ2) is 5.82. The number of amides is 2. The fraction of sp³-hybridized carbons (Fsp3) is 0.800. The summed E-state index contributed by atoms with van der Waals surface area (Å²) >= 11 is 0. The van der Waals surface area contributed by atoms with Crippen LogP contribution in [0.25, 0.3) is 0 Å². The van der Waals surface area contributed by atoms with E-state index in [9.17, 15) is 9.59 Å². The molecule has 2 rings (SSSR count). The lowest BCUT2D eigenvalue weighted by molar-refractivity contribution is -0.131. The second-order valence-electron chi connectivity index (χ2n) is 6.47. The highest BCUT2D eigenvalue weighted by atomic mass is 16.2. The minimum absolute atomic E-state index is 0.0896. The number of hydrogen-bond donors (Lipinski definition) is 1. The third kappa shape index (κ3) is 3.30. The van der Waals surface area contributed by atoms with E-state index in [2.05, 4.69) is 11.4 Å². The summed E-state index contributed by atoms with van der Waals surface area (Å²) in [7, 11) is 0. The van der Waals surface area contributed by atoms with Gasteiger partial charge in [-0.25, -0.2) is 0 Å². The lowest BCUT2D eigenvalue weighted by Crippen LogP contribution is -2.46. The summed E-state index contributed by atoms with van der Waals surface area (Å²) in [5.74, 6) is -0.396. The van der Waals surface area contributed by atoms with Gasteiger partial charge in [-0.3, -0.25) is 9.59 Å². The summed E-state index contributed by atoms with van der Waals surface area (Å²) < 4.78 is 0. The van der Waals surface area contributed by atoms with Crippen LogP contribution in [0.4, 0.5) is 0 Å². The topological polar surface area (TPSA) is 73.2 Å². The highest BCUT2D eigenvalue weighted by molar-refractivity contribution is 5.89. The Labute approximate surface area is 120 Å². The SMILES string of the molecule is CC(C)(C#N)NC(=O)C1CC(=O)N(C2CCCCC2)C1. The molecule has 5 nitrogen and oxygen atoms in total. The van der Waals surface area contributed by atoms with E-state index in [0.717, 1.165) is 12.8 Å². The first-order valence-electron chi connectivity index (χ1n) is 7.46. The van der Waals surface area contributed by atoms with Crippen molar-refractivity contribution in [2.45, 2.75) is 64.0 Å². The van der Waals surface area contributed by atoms with Gasteiger partial charge < -0.3 is 10.2 Å². The molecule has 1 atom stereocenters. The molecule has 1 aliphatic carbocycles. The smallest absolute Gasteiger partial charge is 0.226 e. The van der Waals surface area contributed by atoms with Crippen molar-refractivity contribution in [3.05, 3.63) is 0 Å². The monoisotopic (exact) mass is 277 g/mol. The van der Waals surface area contributed by atoms with E-state index in [1.165, 1.54) is 19.3 Å². The average Bonchev–Trinajstić information content (AvgIpc) is 2.81. The fourth-order valence-corrected chi connectivity index (χ4v) is 3.09. The van der Waals surface area contributed by atoms with E-state index in [1.807, 2.05) is 4.90 Å². The summed E-state index contributed by atoms with van der Waals surface area (Å²) in [6.45, 7) is 3.85. The molecule has 20 heavy (non-hydrogen) atoms. The Morgan fingerprint density at radius 3 is 2.60 bits per heavy atom. The molecule has 0 bridgehead atoms. The van der Waals surface area contributed by atoms with Crippen molar-refractivity contribution >= 4 is 11.8 Å². The highest BCUT2D eigenvalue weighted by Gasteiger charge is 2.39. The molecule has 1 unspecified atom stereocenters. The van der Waals surface area contributed by atoms with Gasteiger partial charge >= 0.3 is 0 Å². The zero-order valence-electron chi connectivity index (χ0n) is 12.3. The Morgan fingerprint density at radius 1 is 1.35 bits per heavy atom. The maximum atomic E-state index is 12.2. The number of nitriles is 1. The molecule has 1 N–H and O–H groups in total. The van der Waals surface area contributed by atoms with Crippen molar-refractivity contribution < 1.29 is 9.59 Å². The largest absolute Gasteiger partial charge is 0.339 e. The van der Waals surface area contributed by atoms with Gasteiger partial charge in [0.25, 0.3) is 0 Å². The Balaban J connectivity index is 1.94. The molecule has 2 amide bonds. The van der Waals surface area contributed by atoms with E-state index in [1.54, 1.807) is 13.8 Å². The minimum atomic E-state index is -0.877. The Morgan fingerprint density at radius 2 is 2.00 bits per heavy atom. The van der Waals surface area contributed by atoms with Gasteiger partial charge in [0.1, 0.15) is 5.54 Å². The van der Waals surface area contributed by atoms with E-state index in [-0.39, 0.29) is 24.2 Å². The number of likely N-dealkylation sites (tertiary alicyclic amines) is 1. The zero-order chi connectivity index (χ0) is 14.8. The maximum Gasteiger partial charge on any atom is 0.226 e. The molecule has 1 saturated heterocycles. The van der Waals surface area contributed by atoms with Crippen LogP contribution in [-0.4, -0.2) is 34.8 Å². The minimum Gasteiger partial charge on any atom is -0.339 e. The van der Waals surface area contributed by atoms with E-state index < -0.39 is 5.54 Å². The van der Waals surface area contributed by atoms with Crippen molar-refractivity contribution in [2.75, 3.05) is 6.54 Å². The summed E-state index contributed by atoms with van der Waals surface area (Å²) in [4.78, 5) is 26.1. The van der Waals surface area contributed by atoms with Crippen molar-refractivity contribution in [3.63, 3.8) is 0 Å². The van der Waals surface area contributed by atoms with Crippen LogP contribution in [0.5, 0.6) is 0 Å². The Bertz CT molecular complexity index is 433. The lowest BCUT2D eigenvalue weighted by Gasteiger charge is -2.31. The van der Waals surface area contributed by atoms with Gasteiger partial charge in [0.15, 0.2) is 0 Å². The standard InChI is InChI=1S/C15H23N3O2/c1-15(2,10-16)17-14(20)11-8-13(19)18(9-11)12-6-4-3-5-7-12/h11-12H,3-9H2,1-2H3,(H,17,20). The molecule has 1 saturated carbocycles. The molecule has 1 heterocycles. The molecule has 0 aromatic heterocycles. The Hall–Kier alpha value is -1.57. The maximum absolute atomic E-state index is 12.2. The number of rotatable bonds is 3. The van der Waals surface area contributed by atoms with Crippen LogP contribution < -0.4 is 5.32 Å². The van der Waals surface area contributed by atoms with Gasteiger partial charge in [0.2, 0.25) is 11.8 Å². The fourth-order valence-electron chi connectivity index (χ4n) is 3.09. The average molecular weight is 277 g/mol. The summed E-state index contributed by atoms with van der Waals surface area (Å²) in [6.07, 6.45) is 6.00. The van der Waals surface area contributed by atoms with Crippen LogP contribution >= 0.6 is 0 Å². The first kappa shape index (κ1) is 14.8. The van der Waals surface area contributed by atoms with Gasteiger partial charge in [0, 0.05) is 19.0 Å². The normalized spacial score (nSPS) is 24.6. The molecule has 2 aliphatic rings. The second-order valence-corrected chi connectivity index (χ2v) is 6.47. The molecule has 2 fully saturated rings. The molecule has 110 valence electrons. The van der Waals surface area contributed by atoms with Crippen LogP contribution in [0.1, 0.15) is 52.4 Å². The molecule has 1 aliphatic heterocycles. The number of hydrogen-bond acceptors (Lipinski definition) is 3. The molecular weight excluding hydrogens is 254 g/mol. The first-order chi connectivity index (χ1) is 9.43. The molecule has 0 aromatic rings. The molecular formula is C15H23N3O2. The molecule has 5 heteroatoms. The summed E-state index contributed by atoms with van der Waals surface area (Å²) in [5, 5.41) is 11.7. The molecule has 0 radical (unpaired) electrons. The van der Waals surface area contributed by atoms with Crippen molar-refractivity contribution in [1.29, 1.82) is 5.26 Å². The highest BCUT2D eigenvalue weighted by Crippen LogP contribution is 2.28. The van der Waals surface area contributed by atoms with Crippen molar-refractivity contribution in [1.82, 2.24) is 10.2 Å². The van der Waals surface area contributed by atoms with E-state index in [0.29, 0.717) is 12.6 Å². The predicted molar refractivity (Wildman–Crippen MR) is 74.5 cm³/mol. The summed E-state index contributed by atoms with van der Waals surface area (Å²) in [6, 6.07) is 2.37. The third-order valence-corrected chi connectivity index (χ3v) is 4.26. The van der Waals surface area contributed by atoms with Gasteiger partial charge in [-0.2, -0.15) is 5.26 Å². The molecule has 0 aromatic carbocycles. The van der Waals surface area contributed by atoms with Gasteiger partial charge in [-0.1, -0.05) is 19.3 Å². The number of nitrogens with zero attached hydrogens (tertiary/aromatic N) is 2. The van der Waals surface area contributed by atoms with Crippen LogP contribution in [-0.2, 0) is 9.59 Å². The number of carbonyl (C=O) groups excluding carboxylic acids is 2. The quantitative estimate of drug-likeness (QED) is 0.851. The van der Waals surface area contributed by atoms with Gasteiger partial charge in [-0.15, -0.1) is 0 Å². The first-order valence-corrected chi connectivity index (χ1v) is 7.46. The van der Waals surface area contributed by atoms with Crippen molar-refractivity contribution in [3.8, 4) is 6.07 Å². The van der Waals surface area contributed by atoms with E-state index in [4.69, 9.17) is 5.26 Å². The summed E-state index contributed by atoms with van der Waals surface area (Å²) in [5.41, 5.74) is -0.877. The van der Waals surface area contributed by atoms with Crippen molar-refractivity contribution in [2.24, 2.45) is 5.92 Å². The van der Waals surface area contributed by atoms with Crippen LogP contribution in [0.15, 0.2) is 0 Å². The van der Waals surface area contributed by atoms with Crippen LogP contribution in [0.3, 0.4) is 0 Å². The number of carbonyl (C=O) groups is 2. The predicted octanol–water partition coefficient (Wildman–Crippen LogP) is 1.59. The Kier molecular flexibility index (Phi) is 4.32. The number of nitrogens with one attached hydrogen (secondary N) is 1. The van der Waals surface area contributed by atoms with Gasteiger partial charge in [-0.05, 0) is 26.7 Å². The zero-order valence-corrected chi connectivity index (χ0v) is 12.3. The van der Waals surface area contributed by atoms with E-state index >= 15 is 0 Å². The van der Waals surface area contributed by atoms with Gasteiger partial charge in [0.05, 0.1) is 12.0 Å². The lowest BCUT2D eigenvalue weighted by atomic mass is 9.94.